The maximum absolute atomic E-state index is 11.0. The molecular weight excluding hydrogens is 194 g/mol. The summed E-state index contributed by atoms with van der Waals surface area (Å²) < 4.78 is 6.43. The van der Waals surface area contributed by atoms with Gasteiger partial charge in [0.15, 0.2) is 6.29 Å². The average molecular weight is 207 g/mol. The molecule has 0 aromatic carbocycles. The molecule has 0 aliphatic rings. The molecular formula is C11H13NO3. The van der Waals surface area contributed by atoms with Gasteiger partial charge < -0.3 is 9.30 Å². The summed E-state index contributed by atoms with van der Waals surface area (Å²) in [7, 11) is 1.76. The Kier molecular flexibility index (Phi) is 3.85. The van der Waals surface area contributed by atoms with Crippen LogP contribution >= 0.6 is 0 Å². The summed E-state index contributed by atoms with van der Waals surface area (Å²) in [6.45, 7) is 2.11. The molecule has 0 atom stereocenters. The third-order valence-electron chi connectivity index (χ3n) is 2.00. The van der Waals surface area contributed by atoms with Crippen LogP contribution in [-0.2, 0) is 16.6 Å². The molecule has 0 N–H and O–H groups in total. The molecule has 4 nitrogen and oxygen atoms in total. The Bertz CT molecular complexity index is 391. The van der Waals surface area contributed by atoms with Crippen LogP contribution in [-0.4, -0.2) is 23.4 Å². The molecule has 1 heterocycles. The van der Waals surface area contributed by atoms with Gasteiger partial charge in [0, 0.05) is 18.8 Å². The fourth-order valence-corrected chi connectivity index (χ4v) is 1.17. The van der Waals surface area contributed by atoms with Crippen molar-refractivity contribution >= 4 is 18.3 Å². The summed E-state index contributed by atoms with van der Waals surface area (Å²) in [5.41, 5.74) is 1.35. The number of rotatable bonds is 4. The van der Waals surface area contributed by atoms with Gasteiger partial charge in [0.05, 0.1) is 12.3 Å². The zero-order valence-corrected chi connectivity index (χ0v) is 8.77. The van der Waals surface area contributed by atoms with E-state index in [-0.39, 0.29) is 5.97 Å². The van der Waals surface area contributed by atoms with Crippen LogP contribution in [0.25, 0.3) is 6.08 Å². The van der Waals surface area contributed by atoms with Gasteiger partial charge in [-0.15, -0.1) is 0 Å². The second-order valence-corrected chi connectivity index (χ2v) is 2.95. The number of nitrogens with zero attached hydrogens (tertiary/aromatic N) is 1. The zero-order chi connectivity index (χ0) is 11.3. The third kappa shape index (κ3) is 2.80. The standard InChI is InChI=1S/C11H13NO3/c1-3-15-11(14)7-6-9-4-5-10(8-13)12(9)2/h4-8H,3H2,1-2H3/b7-6+. The second-order valence-electron chi connectivity index (χ2n) is 2.95. The van der Waals surface area contributed by atoms with Gasteiger partial charge in [0.2, 0.25) is 0 Å². The van der Waals surface area contributed by atoms with Crippen molar-refractivity contribution in [3.05, 3.63) is 29.6 Å². The molecule has 0 aliphatic heterocycles. The summed E-state index contributed by atoms with van der Waals surface area (Å²) in [6.07, 6.45) is 3.72. The number of aldehydes is 1. The molecule has 1 rings (SSSR count). The Morgan fingerprint density at radius 2 is 2.13 bits per heavy atom. The minimum absolute atomic E-state index is 0.357. The molecule has 1 aromatic heterocycles. The molecule has 4 heteroatoms. The lowest BCUT2D eigenvalue weighted by atomic mass is 10.4. The Morgan fingerprint density at radius 1 is 1.47 bits per heavy atom. The van der Waals surface area contributed by atoms with Gasteiger partial charge in [-0.2, -0.15) is 0 Å². The van der Waals surface area contributed by atoms with Gasteiger partial charge in [-0.05, 0) is 25.1 Å². The van der Waals surface area contributed by atoms with Gasteiger partial charge in [0.1, 0.15) is 0 Å². The molecule has 0 bridgehead atoms. The van der Waals surface area contributed by atoms with Crippen molar-refractivity contribution in [2.24, 2.45) is 7.05 Å². The first-order chi connectivity index (χ1) is 7.19. The first-order valence-electron chi connectivity index (χ1n) is 4.64. The van der Waals surface area contributed by atoms with Gasteiger partial charge in [-0.1, -0.05) is 0 Å². The van der Waals surface area contributed by atoms with Crippen LogP contribution in [0.2, 0.25) is 0 Å². The molecule has 0 aliphatic carbocycles. The van der Waals surface area contributed by atoms with Crippen molar-refractivity contribution in [3.8, 4) is 0 Å². The summed E-state index contributed by atoms with van der Waals surface area (Å²) in [6, 6.07) is 3.46. The van der Waals surface area contributed by atoms with E-state index in [4.69, 9.17) is 4.74 Å². The summed E-state index contributed by atoms with van der Waals surface area (Å²) >= 11 is 0. The third-order valence-corrected chi connectivity index (χ3v) is 2.00. The largest absolute Gasteiger partial charge is 0.463 e. The fourth-order valence-electron chi connectivity index (χ4n) is 1.17. The Labute approximate surface area is 88.2 Å². The number of carbonyl (C=O) groups is 2. The molecule has 1 aromatic rings. The highest BCUT2D eigenvalue weighted by Gasteiger charge is 2.01. The van der Waals surface area contributed by atoms with Crippen molar-refractivity contribution in [2.75, 3.05) is 6.61 Å². The predicted octanol–water partition coefficient (Wildman–Crippen LogP) is 1.41. The maximum Gasteiger partial charge on any atom is 0.330 e. The van der Waals surface area contributed by atoms with E-state index >= 15 is 0 Å². The van der Waals surface area contributed by atoms with Crippen LogP contribution in [0.5, 0.6) is 0 Å². The average Bonchev–Trinajstić information content (AvgIpc) is 2.57. The van der Waals surface area contributed by atoms with E-state index in [1.54, 1.807) is 36.7 Å². The van der Waals surface area contributed by atoms with Crippen LogP contribution in [0.4, 0.5) is 0 Å². The van der Waals surface area contributed by atoms with E-state index in [1.165, 1.54) is 6.08 Å². The predicted molar refractivity (Wildman–Crippen MR) is 56.5 cm³/mol. The van der Waals surface area contributed by atoms with E-state index in [2.05, 4.69) is 0 Å². The number of ether oxygens (including phenoxy) is 1. The minimum Gasteiger partial charge on any atom is -0.463 e. The minimum atomic E-state index is -0.383. The summed E-state index contributed by atoms with van der Waals surface area (Å²) in [5, 5.41) is 0. The van der Waals surface area contributed by atoms with Crippen LogP contribution < -0.4 is 0 Å². The Balaban J connectivity index is 2.76. The highest BCUT2D eigenvalue weighted by molar-refractivity contribution is 5.87. The molecule has 15 heavy (non-hydrogen) atoms. The number of hydrogen-bond acceptors (Lipinski definition) is 3. The van der Waals surface area contributed by atoms with E-state index in [1.807, 2.05) is 0 Å². The van der Waals surface area contributed by atoms with Crippen molar-refractivity contribution in [1.82, 2.24) is 4.57 Å². The summed E-state index contributed by atoms with van der Waals surface area (Å²) in [5.74, 6) is -0.383. The van der Waals surface area contributed by atoms with Gasteiger partial charge in [0.25, 0.3) is 0 Å². The lowest BCUT2D eigenvalue weighted by molar-refractivity contribution is -0.137. The van der Waals surface area contributed by atoms with Crippen LogP contribution in [0.15, 0.2) is 18.2 Å². The van der Waals surface area contributed by atoms with Gasteiger partial charge >= 0.3 is 5.97 Å². The van der Waals surface area contributed by atoms with Crippen molar-refractivity contribution in [1.29, 1.82) is 0 Å². The Hall–Kier alpha value is -1.84. The number of hydrogen-bond donors (Lipinski definition) is 0. The number of carbonyl (C=O) groups excluding carboxylic acids is 2. The topological polar surface area (TPSA) is 48.3 Å². The molecule has 0 saturated carbocycles. The molecule has 0 saturated heterocycles. The lowest BCUT2D eigenvalue weighted by Gasteiger charge is -1.99. The first-order valence-corrected chi connectivity index (χ1v) is 4.64. The van der Waals surface area contributed by atoms with Crippen molar-refractivity contribution in [2.45, 2.75) is 6.92 Å². The second kappa shape index (κ2) is 5.14. The molecule has 0 amide bonds. The smallest absolute Gasteiger partial charge is 0.330 e. The van der Waals surface area contributed by atoms with Crippen molar-refractivity contribution in [3.63, 3.8) is 0 Å². The van der Waals surface area contributed by atoms with Gasteiger partial charge in [-0.25, -0.2) is 4.79 Å². The highest BCUT2D eigenvalue weighted by atomic mass is 16.5. The van der Waals surface area contributed by atoms with Crippen LogP contribution in [0.3, 0.4) is 0 Å². The normalized spacial score (nSPS) is 10.5. The van der Waals surface area contributed by atoms with Gasteiger partial charge in [-0.3, -0.25) is 4.79 Å². The SMILES string of the molecule is CCOC(=O)/C=C/c1ccc(C=O)n1C. The van der Waals surface area contributed by atoms with Crippen LogP contribution in [0, 0.1) is 0 Å². The lowest BCUT2D eigenvalue weighted by Crippen LogP contribution is -2.00. The van der Waals surface area contributed by atoms with E-state index in [0.29, 0.717) is 12.3 Å². The van der Waals surface area contributed by atoms with E-state index in [9.17, 15) is 9.59 Å². The summed E-state index contributed by atoms with van der Waals surface area (Å²) in [4.78, 5) is 21.6. The number of aromatic nitrogens is 1. The molecule has 0 radical (unpaired) electrons. The number of esters is 1. The first kappa shape index (κ1) is 11.2. The molecule has 0 fully saturated rings. The van der Waals surface area contributed by atoms with E-state index in [0.717, 1.165) is 12.0 Å². The van der Waals surface area contributed by atoms with E-state index < -0.39 is 0 Å². The van der Waals surface area contributed by atoms with Crippen molar-refractivity contribution < 1.29 is 14.3 Å². The maximum atomic E-state index is 11.0. The quantitative estimate of drug-likeness (QED) is 0.426. The monoisotopic (exact) mass is 207 g/mol. The fraction of sp³-hybridized carbons (Fsp3) is 0.273. The highest BCUT2D eigenvalue weighted by Crippen LogP contribution is 2.07. The molecule has 0 spiro atoms. The molecule has 80 valence electrons. The Morgan fingerprint density at radius 3 is 2.67 bits per heavy atom. The molecule has 0 unspecified atom stereocenters. The van der Waals surface area contributed by atoms with Crippen LogP contribution in [0.1, 0.15) is 23.1 Å². The zero-order valence-electron chi connectivity index (χ0n) is 8.77.